The van der Waals surface area contributed by atoms with Crippen LogP contribution >= 0.6 is 11.8 Å². The first-order valence-electron chi connectivity index (χ1n) is 11.6. The number of rotatable bonds is 7. The fraction of sp³-hybridized carbons (Fsp3) is 0.0714. The summed E-state index contributed by atoms with van der Waals surface area (Å²) in [5.41, 5.74) is -3.17. The standard InChI is InChI=1S/C28H18F7N3O2S/c29-20-19(28(33,34)35)21(30)23(32)24(22(20)31)38-26(39)25(15-7-3-1-4-8-15)41-18-13-11-17(12-14-18)37-27(40)36-16-9-5-2-6-10-16/h1-14,25H,(H,38,39)(H2,36,37,40). The lowest BCUT2D eigenvalue weighted by Gasteiger charge is -2.19. The maximum Gasteiger partial charge on any atom is 0.422 e. The Morgan fingerprint density at radius 1 is 0.634 bits per heavy atom. The largest absolute Gasteiger partial charge is 0.422 e. The second-order valence-corrected chi connectivity index (χ2v) is 9.55. The zero-order valence-corrected chi connectivity index (χ0v) is 21.3. The number of para-hydroxylation sites is 1. The molecule has 5 nitrogen and oxygen atoms in total. The summed E-state index contributed by atoms with van der Waals surface area (Å²) >= 11 is 0.874. The van der Waals surface area contributed by atoms with Crippen LogP contribution in [0.25, 0.3) is 0 Å². The van der Waals surface area contributed by atoms with Crippen LogP contribution in [0.4, 0.5) is 52.6 Å². The molecule has 4 aromatic rings. The number of carbonyl (C=O) groups is 2. The first-order valence-corrected chi connectivity index (χ1v) is 12.5. The zero-order chi connectivity index (χ0) is 29.7. The SMILES string of the molecule is O=C(Nc1ccccc1)Nc1ccc(SC(C(=O)Nc2c(F)c(F)c(C(F)(F)F)c(F)c2F)c2ccccc2)cc1. The van der Waals surface area contributed by atoms with Gasteiger partial charge in [0.1, 0.15) is 16.5 Å². The maximum absolute atomic E-state index is 14.4. The van der Waals surface area contributed by atoms with E-state index < -0.39 is 57.9 Å². The van der Waals surface area contributed by atoms with E-state index in [0.29, 0.717) is 21.8 Å². The van der Waals surface area contributed by atoms with Gasteiger partial charge in [0.25, 0.3) is 0 Å². The smallest absolute Gasteiger partial charge is 0.320 e. The van der Waals surface area contributed by atoms with Crippen molar-refractivity contribution >= 4 is 40.8 Å². The highest BCUT2D eigenvalue weighted by molar-refractivity contribution is 8.00. The van der Waals surface area contributed by atoms with E-state index >= 15 is 0 Å². The Labute approximate surface area is 232 Å². The summed E-state index contributed by atoms with van der Waals surface area (Å²) in [6.07, 6.45) is -5.72. The molecule has 0 aliphatic carbocycles. The third kappa shape index (κ3) is 6.98. The van der Waals surface area contributed by atoms with E-state index in [1.165, 1.54) is 36.4 Å². The molecule has 0 spiro atoms. The van der Waals surface area contributed by atoms with E-state index in [2.05, 4.69) is 10.6 Å². The van der Waals surface area contributed by atoms with Crippen molar-refractivity contribution in [3.05, 3.63) is 119 Å². The Bertz CT molecular complexity index is 1520. The zero-order valence-electron chi connectivity index (χ0n) is 20.5. The number of hydrogen-bond acceptors (Lipinski definition) is 3. The van der Waals surface area contributed by atoms with Gasteiger partial charge in [-0.3, -0.25) is 4.79 Å². The molecule has 0 bridgehead atoms. The van der Waals surface area contributed by atoms with E-state index in [1.54, 1.807) is 53.8 Å². The quantitative estimate of drug-likeness (QED) is 0.115. The highest BCUT2D eigenvalue weighted by atomic mass is 32.2. The van der Waals surface area contributed by atoms with Crippen LogP contribution in [0.15, 0.2) is 89.8 Å². The molecule has 41 heavy (non-hydrogen) atoms. The van der Waals surface area contributed by atoms with Gasteiger partial charge in [-0.25, -0.2) is 22.4 Å². The highest BCUT2D eigenvalue weighted by Crippen LogP contribution is 2.40. The van der Waals surface area contributed by atoms with Crippen LogP contribution in [0.3, 0.4) is 0 Å². The van der Waals surface area contributed by atoms with Crippen molar-refractivity contribution in [2.75, 3.05) is 16.0 Å². The van der Waals surface area contributed by atoms with Gasteiger partial charge >= 0.3 is 12.2 Å². The van der Waals surface area contributed by atoms with Gasteiger partial charge in [0.15, 0.2) is 23.3 Å². The molecule has 4 rings (SSSR count). The van der Waals surface area contributed by atoms with Gasteiger partial charge in [0.05, 0.1) is 0 Å². The Kier molecular flexibility index (Phi) is 8.86. The molecule has 212 valence electrons. The second-order valence-electron chi connectivity index (χ2n) is 8.37. The fourth-order valence-corrected chi connectivity index (χ4v) is 4.67. The van der Waals surface area contributed by atoms with Crippen molar-refractivity contribution in [1.29, 1.82) is 0 Å². The summed E-state index contributed by atoms with van der Waals surface area (Å²) in [5.74, 6) is -11.3. The lowest BCUT2D eigenvalue weighted by Crippen LogP contribution is -2.23. The van der Waals surface area contributed by atoms with Crippen molar-refractivity contribution in [2.24, 2.45) is 0 Å². The first-order chi connectivity index (χ1) is 19.5. The van der Waals surface area contributed by atoms with Gasteiger partial charge < -0.3 is 16.0 Å². The van der Waals surface area contributed by atoms with E-state index in [-0.39, 0.29) is 0 Å². The molecule has 1 atom stereocenters. The summed E-state index contributed by atoms with van der Waals surface area (Å²) in [4.78, 5) is 25.8. The summed E-state index contributed by atoms with van der Waals surface area (Å²) in [7, 11) is 0. The number of urea groups is 1. The normalized spacial score (nSPS) is 12.0. The Morgan fingerprint density at radius 3 is 1.63 bits per heavy atom. The molecular formula is C28H18F7N3O2S. The van der Waals surface area contributed by atoms with Crippen molar-refractivity contribution in [3.8, 4) is 0 Å². The molecule has 0 saturated heterocycles. The molecule has 13 heteroatoms. The van der Waals surface area contributed by atoms with E-state index in [0.717, 1.165) is 11.8 Å². The van der Waals surface area contributed by atoms with Gasteiger partial charge in [-0.05, 0) is 42.0 Å². The monoisotopic (exact) mass is 593 g/mol. The Hall–Kier alpha value is -4.52. The minimum absolute atomic E-state index is 0.313. The van der Waals surface area contributed by atoms with Crippen molar-refractivity contribution < 1.29 is 40.3 Å². The van der Waals surface area contributed by atoms with Crippen LogP contribution < -0.4 is 16.0 Å². The van der Waals surface area contributed by atoms with Gasteiger partial charge in [-0.1, -0.05) is 48.5 Å². The topological polar surface area (TPSA) is 70.2 Å². The van der Waals surface area contributed by atoms with Crippen LogP contribution in [-0.4, -0.2) is 11.9 Å². The number of halogens is 7. The number of anilines is 3. The molecule has 0 saturated carbocycles. The molecule has 1 unspecified atom stereocenters. The molecule has 0 aliphatic rings. The van der Waals surface area contributed by atoms with Gasteiger partial charge in [-0.15, -0.1) is 11.8 Å². The van der Waals surface area contributed by atoms with Gasteiger partial charge in [0, 0.05) is 16.3 Å². The Balaban J connectivity index is 1.55. The van der Waals surface area contributed by atoms with Crippen molar-refractivity contribution in [1.82, 2.24) is 0 Å². The number of hydrogen-bond donors (Lipinski definition) is 3. The molecule has 4 aromatic carbocycles. The molecule has 0 heterocycles. The molecule has 0 radical (unpaired) electrons. The predicted octanol–water partition coefficient (Wildman–Crippen LogP) is 8.38. The third-order valence-electron chi connectivity index (χ3n) is 5.53. The van der Waals surface area contributed by atoms with Crippen LogP contribution in [0, 0.1) is 23.3 Å². The molecule has 0 aliphatic heterocycles. The third-order valence-corrected chi connectivity index (χ3v) is 6.80. The lowest BCUT2D eigenvalue weighted by molar-refractivity contribution is -0.143. The Morgan fingerprint density at radius 2 is 1.12 bits per heavy atom. The summed E-state index contributed by atoms with van der Waals surface area (Å²) in [5, 5.41) is 5.70. The molecular weight excluding hydrogens is 575 g/mol. The number of benzene rings is 4. The summed E-state index contributed by atoms with van der Waals surface area (Å²) in [6, 6.07) is 22.0. The average molecular weight is 594 g/mol. The van der Waals surface area contributed by atoms with Gasteiger partial charge in [-0.2, -0.15) is 13.2 Å². The van der Waals surface area contributed by atoms with Crippen LogP contribution in [0.5, 0.6) is 0 Å². The molecule has 3 N–H and O–H groups in total. The lowest BCUT2D eigenvalue weighted by atomic mass is 10.1. The van der Waals surface area contributed by atoms with Crippen LogP contribution in [0.1, 0.15) is 16.4 Å². The fourth-order valence-electron chi connectivity index (χ4n) is 3.65. The average Bonchev–Trinajstić information content (AvgIpc) is 2.94. The number of alkyl halides is 3. The predicted molar refractivity (Wildman–Crippen MR) is 140 cm³/mol. The number of amides is 3. The summed E-state index contributed by atoms with van der Waals surface area (Å²) < 4.78 is 95.8. The van der Waals surface area contributed by atoms with Crippen LogP contribution in [0.2, 0.25) is 0 Å². The second kappa shape index (κ2) is 12.3. The highest BCUT2D eigenvalue weighted by Gasteiger charge is 2.42. The van der Waals surface area contributed by atoms with E-state index in [1.807, 2.05) is 0 Å². The van der Waals surface area contributed by atoms with E-state index in [4.69, 9.17) is 0 Å². The van der Waals surface area contributed by atoms with Crippen molar-refractivity contribution in [2.45, 2.75) is 16.3 Å². The number of nitrogens with one attached hydrogen (secondary N) is 3. The summed E-state index contributed by atoms with van der Waals surface area (Å²) in [6.45, 7) is 0. The maximum atomic E-state index is 14.4. The molecule has 0 fully saturated rings. The minimum Gasteiger partial charge on any atom is -0.320 e. The number of carbonyl (C=O) groups excluding carboxylic acids is 2. The van der Waals surface area contributed by atoms with Crippen LogP contribution in [-0.2, 0) is 11.0 Å². The molecule has 0 aromatic heterocycles. The number of thioether (sulfide) groups is 1. The molecule has 3 amide bonds. The van der Waals surface area contributed by atoms with E-state index in [9.17, 15) is 40.3 Å². The first kappa shape index (κ1) is 29.5. The van der Waals surface area contributed by atoms with Gasteiger partial charge in [0.2, 0.25) is 5.91 Å². The van der Waals surface area contributed by atoms with Crippen molar-refractivity contribution in [3.63, 3.8) is 0 Å². The minimum atomic E-state index is -5.72.